The number of nitrogens with zero attached hydrogens (tertiary/aromatic N) is 1. The Morgan fingerprint density at radius 1 is 1.14 bits per heavy atom. The number of thiocarbonyl (C=S) groups is 1. The van der Waals surface area contributed by atoms with Gasteiger partial charge in [0.25, 0.3) is 5.91 Å². The molecule has 0 aliphatic carbocycles. The van der Waals surface area contributed by atoms with E-state index >= 15 is 0 Å². The van der Waals surface area contributed by atoms with Crippen LogP contribution in [0.5, 0.6) is 17.2 Å². The molecule has 1 saturated heterocycles. The second-order valence-corrected chi connectivity index (χ2v) is 10.2. The highest BCUT2D eigenvalue weighted by atomic mass is 32.2. The highest BCUT2D eigenvalue weighted by Gasteiger charge is 2.34. The molecule has 9 heteroatoms. The van der Waals surface area contributed by atoms with Crippen LogP contribution in [0.1, 0.15) is 68.3 Å². The Labute approximate surface area is 221 Å². The van der Waals surface area contributed by atoms with Crippen molar-refractivity contribution < 1.29 is 29.3 Å². The first-order valence-corrected chi connectivity index (χ1v) is 13.2. The number of thioether (sulfide) groups is 1. The zero-order valence-electron chi connectivity index (χ0n) is 20.7. The molecule has 2 aromatic rings. The third-order valence-corrected chi connectivity index (χ3v) is 7.09. The summed E-state index contributed by atoms with van der Waals surface area (Å²) in [4.78, 5) is 25.9. The number of methoxy groups -OCH3 is 1. The Balaban J connectivity index is 1.72. The van der Waals surface area contributed by atoms with Crippen LogP contribution in [0.2, 0.25) is 0 Å². The van der Waals surface area contributed by atoms with Crippen molar-refractivity contribution in [2.45, 2.75) is 58.5 Å². The first-order valence-electron chi connectivity index (χ1n) is 11.9. The number of phenols is 1. The zero-order valence-corrected chi connectivity index (χ0v) is 22.3. The van der Waals surface area contributed by atoms with E-state index < -0.39 is 11.7 Å². The molecule has 1 aliphatic heterocycles. The molecule has 192 valence electrons. The molecule has 1 atom stereocenters. The van der Waals surface area contributed by atoms with Crippen LogP contribution in [0.25, 0.3) is 6.08 Å². The number of carboxylic acid groups (broad SMARTS) is 1. The van der Waals surface area contributed by atoms with E-state index in [1.165, 1.54) is 48.8 Å². The maximum absolute atomic E-state index is 13.1. The van der Waals surface area contributed by atoms with Crippen LogP contribution in [-0.2, 0) is 4.79 Å². The van der Waals surface area contributed by atoms with Crippen LogP contribution < -0.4 is 14.4 Å². The van der Waals surface area contributed by atoms with Gasteiger partial charge in [-0.25, -0.2) is 4.79 Å². The molecule has 0 saturated carbocycles. The molecule has 1 heterocycles. The molecule has 36 heavy (non-hydrogen) atoms. The maximum Gasteiger partial charge on any atom is 0.339 e. The van der Waals surface area contributed by atoms with E-state index in [9.17, 15) is 14.7 Å². The van der Waals surface area contributed by atoms with Gasteiger partial charge >= 0.3 is 5.97 Å². The number of hydrogen-bond acceptors (Lipinski definition) is 7. The van der Waals surface area contributed by atoms with Crippen LogP contribution in [0, 0.1) is 0 Å². The van der Waals surface area contributed by atoms with Crippen LogP contribution in [0.15, 0.2) is 41.3 Å². The van der Waals surface area contributed by atoms with Gasteiger partial charge < -0.3 is 19.7 Å². The maximum atomic E-state index is 13.1. The molecule has 0 bridgehead atoms. The average molecular weight is 530 g/mol. The van der Waals surface area contributed by atoms with Gasteiger partial charge in [0.2, 0.25) is 0 Å². The topological polar surface area (TPSA) is 96.3 Å². The van der Waals surface area contributed by atoms with E-state index in [2.05, 4.69) is 13.8 Å². The normalized spacial score (nSPS) is 15.4. The third-order valence-electron chi connectivity index (χ3n) is 5.79. The second-order valence-electron chi connectivity index (χ2n) is 8.57. The first-order chi connectivity index (χ1) is 17.2. The van der Waals surface area contributed by atoms with Gasteiger partial charge in [0, 0.05) is 6.07 Å². The highest BCUT2D eigenvalue weighted by Crippen LogP contribution is 2.38. The summed E-state index contributed by atoms with van der Waals surface area (Å²) in [5.41, 5.74) is 0.796. The van der Waals surface area contributed by atoms with E-state index in [4.69, 9.17) is 26.8 Å². The van der Waals surface area contributed by atoms with Crippen LogP contribution in [-0.4, -0.2) is 39.6 Å². The lowest BCUT2D eigenvalue weighted by molar-refractivity contribution is -0.113. The van der Waals surface area contributed by atoms with Gasteiger partial charge in [-0.2, -0.15) is 0 Å². The van der Waals surface area contributed by atoms with Crippen LogP contribution in [0.3, 0.4) is 0 Å². The number of amides is 1. The van der Waals surface area contributed by atoms with Crippen molar-refractivity contribution >= 4 is 51.9 Å². The standard InChI is InChI=1S/C27H31NO6S2/c1-4-5-6-7-8-9-17(2)34-22-13-10-18(14-23(22)33-3)15-24-25(30)28(27(35)36-24)19-11-12-20(26(31)32)21(29)16-19/h10-17,29H,4-9H2,1-3H3,(H,31,32)/b24-15+. The lowest BCUT2D eigenvalue weighted by Crippen LogP contribution is -2.27. The number of benzene rings is 2. The number of rotatable bonds is 12. The molecular weight excluding hydrogens is 498 g/mol. The van der Waals surface area contributed by atoms with Gasteiger partial charge in [-0.05, 0) is 55.7 Å². The highest BCUT2D eigenvalue weighted by molar-refractivity contribution is 8.27. The monoisotopic (exact) mass is 529 g/mol. The summed E-state index contributed by atoms with van der Waals surface area (Å²) in [5.74, 6) is -0.826. The largest absolute Gasteiger partial charge is 0.507 e. The first kappa shape index (κ1) is 27.5. The molecule has 3 rings (SSSR count). The van der Waals surface area contributed by atoms with Gasteiger partial charge in [-0.1, -0.05) is 62.7 Å². The summed E-state index contributed by atoms with van der Waals surface area (Å²) >= 11 is 6.51. The molecule has 0 radical (unpaired) electrons. The van der Waals surface area contributed by atoms with Gasteiger partial charge in [0.15, 0.2) is 15.8 Å². The van der Waals surface area contributed by atoms with Crippen molar-refractivity contribution in [2.75, 3.05) is 12.0 Å². The van der Waals surface area contributed by atoms with Gasteiger partial charge in [0.05, 0.1) is 23.8 Å². The predicted octanol–water partition coefficient (Wildman–Crippen LogP) is 6.63. The SMILES string of the molecule is CCCCCCCC(C)Oc1ccc(/C=C2/SC(=S)N(c3ccc(C(=O)O)c(O)c3)C2=O)cc1OC. The van der Waals surface area contributed by atoms with E-state index in [1.54, 1.807) is 13.2 Å². The number of aromatic carboxylic acids is 1. The summed E-state index contributed by atoms with van der Waals surface area (Å²) in [5, 5.41) is 19.1. The summed E-state index contributed by atoms with van der Waals surface area (Å²) < 4.78 is 11.9. The van der Waals surface area contributed by atoms with Crippen LogP contribution >= 0.6 is 24.0 Å². The summed E-state index contributed by atoms with van der Waals surface area (Å²) in [6.45, 7) is 4.26. The zero-order chi connectivity index (χ0) is 26.2. The van der Waals surface area contributed by atoms with Crippen LogP contribution in [0.4, 0.5) is 5.69 Å². The lowest BCUT2D eigenvalue weighted by Gasteiger charge is -2.17. The number of carboxylic acids is 1. The molecule has 2 N–H and O–H groups in total. The van der Waals surface area contributed by atoms with Crippen molar-refractivity contribution in [1.29, 1.82) is 0 Å². The Hall–Kier alpha value is -3.04. The van der Waals surface area contributed by atoms with E-state index in [0.717, 1.165) is 30.2 Å². The molecular formula is C27H31NO6S2. The second kappa shape index (κ2) is 12.8. The minimum absolute atomic E-state index is 0.0616. The van der Waals surface area contributed by atoms with Gasteiger partial charge in [-0.3, -0.25) is 9.69 Å². The van der Waals surface area contributed by atoms with Crippen molar-refractivity contribution in [1.82, 2.24) is 0 Å². The van der Waals surface area contributed by atoms with E-state index in [-0.39, 0.29) is 21.9 Å². The number of ether oxygens (including phenoxy) is 2. The number of unbranched alkanes of at least 4 members (excludes halogenated alkanes) is 4. The van der Waals surface area contributed by atoms with E-state index in [1.807, 2.05) is 18.2 Å². The lowest BCUT2D eigenvalue weighted by atomic mass is 10.1. The summed E-state index contributed by atoms with van der Waals surface area (Å²) in [7, 11) is 1.58. The number of carbonyl (C=O) groups excluding carboxylic acids is 1. The minimum atomic E-state index is -1.26. The minimum Gasteiger partial charge on any atom is -0.507 e. The fraction of sp³-hybridized carbons (Fsp3) is 0.370. The van der Waals surface area contributed by atoms with Crippen molar-refractivity contribution in [3.05, 3.63) is 52.4 Å². The molecule has 1 amide bonds. The van der Waals surface area contributed by atoms with Crippen molar-refractivity contribution in [3.63, 3.8) is 0 Å². The average Bonchev–Trinajstić information content (AvgIpc) is 3.11. The summed E-state index contributed by atoms with van der Waals surface area (Å²) in [6, 6.07) is 9.40. The van der Waals surface area contributed by atoms with Gasteiger partial charge in [0.1, 0.15) is 11.3 Å². The molecule has 1 aliphatic rings. The fourth-order valence-electron chi connectivity index (χ4n) is 3.86. The van der Waals surface area contributed by atoms with Crippen molar-refractivity contribution in [3.8, 4) is 17.2 Å². The van der Waals surface area contributed by atoms with Crippen molar-refractivity contribution in [2.24, 2.45) is 0 Å². The Kier molecular flexibility index (Phi) is 9.78. The third kappa shape index (κ3) is 6.79. The number of carbonyl (C=O) groups is 2. The predicted molar refractivity (Wildman–Crippen MR) is 147 cm³/mol. The molecule has 2 aromatic carbocycles. The fourth-order valence-corrected chi connectivity index (χ4v) is 5.16. The molecule has 0 spiro atoms. The molecule has 1 fully saturated rings. The number of aromatic hydroxyl groups is 1. The van der Waals surface area contributed by atoms with Gasteiger partial charge in [-0.15, -0.1) is 0 Å². The Bertz CT molecular complexity index is 1160. The van der Waals surface area contributed by atoms with E-state index in [0.29, 0.717) is 22.1 Å². The quantitative estimate of drug-likeness (QED) is 0.180. The molecule has 1 unspecified atom stereocenters. The Morgan fingerprint density at radius 3 is 2.56 bits per heavy atom. The molecule has 0 aromatic heterocycles. The number of anilines is 1. The Morgan fingerprint density at radius 2 is 1.89 bits per heavy atom. The number of hydrogen-bond donors (Lipinski definition) is 2. The molecule has 7 nitrogen and oxygen atoms in total. The summed E-state index contributed by atoms with van der Waals surface area (Å²) in [6.07, 6.45) is 8.83. The smallest absolute Gasteiger partial charge is 0.339 e.